The molecule has 0 spiro atoms. The molecule has 0 amide bonds. The number of tetrazole rings is 1. The number of carbonyl (C=O) groups excluding carboxylic acids is 1. The van der Waals surface area contributed by atoms with E-state index in [9.17, 15) is 4.79 Å². The number of ether oxygens (including phenoxy) is 1. The smallest absolute Gasteiger partial charge is 0.359 e. The van der Waals surface area contributed by atoms with E-state index in [0.29, 0.717) is 30.4 Å². The van der Waals surface area contributed by atoms with E-state index in [2.05, 4.69) is 67.8 Å². The molecule has 0 aliphatic carbocycles. The van der Waals surface area contributed by atoms with Crippen molar-refractivity contribution in [2.24, 2.45) is 0 Å². The first-order chi connectivity index (χ1) is 17.8. The molecule has 4 aromatic rings. The molecule has 2 heterocycles. The highest BCUT2D eigenvalue weighted by Crippen LogP contribution is 2.32. The lowest BCUT2D eigenvalue weighted by Crippen LogP contribution is -2.30. The van der Waals surface area contributed by atoms with Crippen LogP contribution in [0.3, 0.4) is 0 Å². The van der Waals surface area contributed by atoms with Gasteiger partial charge in [0.25, 0.3) is 0 Å². The number of H-pyrrole nitrogens is 1. The molecule has 0 unspecified atom stereocenters. The minimum absolute atomic E-state index is 0.365. The summed E-state index contributed by atoms with van der Waals surface area (Å²) in [7, 11) is 0. The number of carbonyl (C=O) groups is 1. The van der Waals surface area contributed by atoms with E-state index in [1.54, 1.807) is 6.33 Å². The fourth-order valence-electron chi connectivity index (χ4n) is 4.23. The average Bonchev–Trinajstić information content (AvgIpc) is 3.56. The molecular weight excluding hydrogens is 466 g/mol. The summed E-state index contributed by atoms with van der Waals surface area (Å²) in [5, 5.41) is 14.8. The van der Waals surface area contributed by atoms with Crippen LogP contribution in [-0.4, -0.2) is 48.3 Å². The molecule has 1 N–H and O–H groups in total. The van der Waals surface area contributed by atoms with Crippen LogP contribution in [0.5, 0.6) is 0 Å². The Morgan fingerprint density at radius 1 is 1.08 bits per heavy atom. The number of aryl methyl sites for hydroxylation is 1. The molecule has 0 bridgehead atoms. The molecule has 0 aliphatic rings. The van der Waals surface area contributed by atoms with Gasteiger partial charge in [-0.2, -0.15) is 5.21 Å². The molecule has 9 heteroatoms. The van der Waals surface area contributed by atoms with Crippen LogP contribution in [0, 0.1) is 0 Å². The van der Waals surface area contributed by atoms with Gasteiger partial charge in [0.2, 0.25) is 5.82 Å². The highest BCUT2D eigenvalue weighted by molar-refractivity contribution is 5.93. The molecule has 9 nitrogen and oxygen atoms in total. The molecule has 0 saturated heterocycles. The Kier molecular flexibility index (Phi) is 8.01. The first kappa shape index (κ1) is 26.1. The number of rotatable bonds is 10. The number of aromatic nitrogens is 6. The third kappa shape index (κ3) is 6.22. The van der Waals surface area contributed by atoms with Crippen LogP contribution in [0.4, 0.5) is 5.82 Å². The summed E-state index contributed by atoms with van der Waals surface area (Å²) >= 11 is 0. The van der Waals surface area contributed by atoms with Crippen molar-refractivity contribution in [1.29, 1.82) is 0 Å². The van der Waals surface area contributed by atoms with Gasteiger partial charge in [-0.15, -0.1) is 10.2 Å². The Hall–Kier alpha value is -4.01. The fourth-order valence-corrected chi connectivity index (χ4v) is 4.23. The summed E-state index contributed by atoms with van der Waals surface area (Å²) in [6.45, 7) is 11.7. The van der Waals surface area contributed by atoms with Crippen molar-refractivity contribution in [3.05, 3.63) is 66.1 Å². The zero-order valence-electron chi connectivity index (χ0n) is 22.2. The normalized spacial score (nSPS) is 11.5. The molecule has 2 aromatic heterocycles. The van der Waals surface area contributed by atoms with E-state index < -0.39 is 5.60 Å². The summed E-state index contributed by atoms with van der Waals surface area (Å²) in [5.41, 5.74) is 3.92. The Morgan fingerprint density at radius 2 is 1.86 bits per heavy atom. The van der Waals surface area contributed by atoms with E-state index in [0.717, 1.165) is 41.6 Å². The predicted octanol–water partition coefficient (Wildman–Crippen LogP) is 5.51. The standard InChI is InChI=1S/C28H35N7O2/c1-6-8-16-35(26-24(34(7-2)19-29-26)27(36)37-28(3,4)5)18-20-14-15-22(21-12-10-9-11-13-21)23(17-20)25-30-32-33-31-25/h9-15,17,19H,6-8,16,18H2,1-5H3,(H,30,31,32,33). The maximum absolute atomic E-state index is 13.2. The number of anilines is 1. The Labute approximate surface area is 217 Å². The first-order valence-electron chi connectivity index (χ1n) is 12.8. The number of nitrogens with zero attached hydrogens (tertiary/aromatic N) is 6. The molecule has 194 valence electrons. The molecule has 4 rings (SSSR count). The van der Waals surface area contributed by atoms with Crippen LogP contribution in [0.25, 0.3) is 22.5 Å². The quantitative estimate of drug-likeness (QED) is 0.286. The molecule has 0 atom stereocenters. The largest absolute Gasteiger partial charge is 0.455 e. The van der Waals surface area contributed by atoms with Crippen molar-refractivity contribution in [1.82, 2.24) is 30.2 Å². The molecule has 0 radical (unpaired) electrons. The highest BCUT2D eigenvalue weighted by Gasteiger charge is 2.27. The number of unbranched alkanes of at least 4 members (excludes halogenated alkanes) is 1. The van der Waals surface area contributed by atoms with Gasteiger partial charge >= 0.3 is 5.97 Å². The number of imidazole rings is 1. The number of hydrogen-bond acceptors (Lipinski definition) is 7. The third-order valence-corrected chi connectivity index (χ3v) is 5.96. The van der Waals surface area contributed by atoms with Crippen molar-refractivity contribution in [2.75, 3.05) is 11.4 Å². The van der Waals surface area contributed by atoms with Crippen molar-refractivity contribution in [2.45, 2.75) is 66.2 Å². The molecule has 0 saturated carbocycles. The lowest BCUT2D eigenvalue weighted by Gasteiger charge is -2.26. The van der Waals surface area contributed by atoms with E-state index in [-0.39, 0.29) is 5.97 Å². The summed E-state index contributed by atoms with van der Waals surface area (Å²) in [6.07, 6.45) is 3.71. The van der Waals surface area contributed by atoms with Crippen LogP contribution < -0.4 is 4.90 Å². The second-order valence-corrected chi connectivity index (χ2v) is 9.96. The van der Waals surface area contributed by atoms with Crippen molar-refractivity contribution < 1.29 is 9.53 Å². The van der Waals surface area contributed by atoms with E-state index in [1.807, 2.05) is 50.5 Å². The van der Waals surface area contributed by atoms with Gasteiger partial charge in [-0.25, -0.2) is 9.78 Å². The van der Waals surface area contributed by atoms with Gasteiger partial charge in [0.1, 0.15) is 5.60 Å². The zero-order chi connectivity index (χ0) is 26.4. The Balaban J connectivity index is 1.73. The lowest BCUT2D eigenvalue weighted by molar-refractivity contribution is 0.00585. The van der Waals surface area contributed by atoms with Gasteiger partial charge in [-0.3, -0.25) is 0 Å². The van der Waals surface area contributed by atoms with Gasteiger partial charge in [-0.1, -0.05) is 55.8 Å². The summed E-state index contributed by atoms with van der Waals surface area (Å²) in [6, 6.07) is 16.4. The third-order valence-electron chi connectivity index (χ3n) is 5.96. The number of nitrogens with one attached hydrogen (secondary N) is 1. The Morgan fingerprint density at radius 3 is 2.51 bits per heavy atom. The van der Waals surface area contributed by atoms with E-state index in [4.69, 9.17) is 4.74 Å². The first-order valence-corrected chi connectivity index (χ1v) is 12.8. The fraction of sp³-hybridized carbons (Fsp3) is 0.393. The molecular formula is C28H35N7O2. The van der Waals surface area contributed by atoms with Crippen LogP contribution in [0.15, 0.2) is 54.9 Å². The molecule has 2 aromatic carbocycles. The van der Waals surface area contributed by atoms with Gasteiger partial charge in [0.15, 0.2) is 11.5 Å². The minimum atomic E-state index is -0.599. The SMILES string of the molecule is CCCCN(Cc1ccc(-c2ccccc2)c(-c2nn[nH]n2)c1)c1ncn(CC)c1C(=O)OC(C)(C)C. The molecule has 37 heavy (non-hydrogen) atoms. The summed E-state index contributed by atoms with van der Waals surface area (Å²) in [4.78, 5) is 20.1. The van der Waals surface area contributed by atoms with Crippen LogP contribution in [-0.2, 0) is 17.8 Å². The van der Waals surface area contributed by atoms with Gasteiger partial charge in [0.05, 0.1) is 6.33 Å². The number of aromatic amines is 1. The number of benzene rings is 2. The van der Waals surface area contributed by atoms with E-state index >= 15 is 0 Å². The Bertz CT molecular complexity index is 1310. The van der Waals surface area contributed by atoms with Crippen LogP contribution in [0.2, 0.25) is 0 Å². The molecule has 0 fully saturated rings. The van der Waals surface area contributed by atoms with Crippen molar-refractivity contribution in [3.63, 3.8) is 0 Å². The second kappa shape index (κ2) is 11.4. The zero-order valence-corrected chi connectivity index (χ0v) is 22.2. The molecule has 0 aliphatic heterocycles. The monoisotopic (exact) mass is 501 g/mol. The summed E-state index contributed by atoms with van der Waals surface area (Å²) < 4.78 is 7.60. The maximum atomic E-state index is 13.2. The summed E-state index contributed by atoms with van der Waals surface area (Å²) in [5.74, 6) is 0.804. The number of hydrogen-bond donors (Lipinski definition) is 1. The van der Waals surface area contributed by atoms with Crippen molar-refractivity contribution >= 4 is 11.8 Å². The highest BCUT2D eigenvalue weighted by atomic mass is 16.6. The van der Waals surface area contributed by atoms with Crippen LogP contribution >= 0.6 is 0 Å². The van der Waals surface area contributed by atoms with Gasteiger partial charge in [-0.05, 0) is 62.1 Å². The topological polar surface area (TPSA) is 102 Å². The van der Waals surface area contributed by atoms with Gasteiger partial charge in [0, 0.05) is 25.2 Å². The second-order valence-electron chi connectivity index (χ2n) is 9.96. The number of esters is 1. The maximum Gasteiger partial charge on any atom is 0.359 e. The van der Waals surface area contributed by atoms with Crippen molar-refractivity contribution in [3.8, 4) is 22.5 Å². The lowest BCUT2D eigenvalue weighted by atomic mass is 9.97. The van der Waals surface area contributed by atoms with E-state index in [1.165, 1.54) is 0 Å². The average molecular weight is 502 g/mol. The predicted molar refractivity (Wildman–Crippen MR) is 144 cm³/mol. The van der Waals surface area contributed by atoms with Crippen LogP contribution in [0.1, 0.15) is 63.5 Å². The minimum Gasteiger partial charge on any atom is -0.455 e. The van der Waals surface area contributed by atoms with Gasteiger partial charge < -0.3 is 14.2 Å².